The third kappa shape index (κ3) is 12.3. The van der Waals surface area contributed by atoms with Gasteiger partial charge in [-0.3, -0.25) is 24.0 Å². The van der Waals surface area contributed by atoms with E-state index in [1.54, 1.807) is 12.3 Å². The van der Waals surface area contributed by atoms with E-state index in [0.29, 0.717) is 17.5 Å². The number of primary amides is 1. The largest absolute Gasteiger partial charge is 0.387 e. The van der Waals surface area contributed by atoms with Crippen LogP contribution in [0.3, 0.4) is 0 Å². The van der Waals surface area contributed by atoms with Crippen molar-refractivity contribution in [1.29, 1.82) is 0 Å². The molecule has 14 nitrogen and oxygen atoms in total. The van der Waals surface area contributed by atoms with Crippen LogP contribution >= 0.6 is 0 Å². The number of aromatic nitrogens is 1. The molecular weight excluding hydrogens is 704 g/mol. The van der Waals surface area contributed by atoms with E-state index in [-0.39, 0.29) is 51.0 Å². The molecule has 292 valence electrons. The Labute approximate surface area is 312 Å². The molecule has 0 fully saturated rings. The van der Waals surface area contributed by atoms with Gasteiger partial charge in [0.05, 0.1) is 25.0 Å². The molecule has 5 amide bonds. The normalized spacial score (nSPS) is 12.9. The molecule has 16 heteroatoms. The molecule has 0 spiro atoms. The molecule has 3 aromatic rings. The van der Waals surface area contributed by atoms with Crippen LogP contribution in [-0.2, 0) is 35.3 Å². The maximum atomic E-state index is 15.1. The number of nitrogens with zero attached hydrogens (tertiary/aromatic N) is 2. The van der Waals surface area contributed by atoms with Gasteiger partial charge in [-0.2, -0.15) is 0 Å². The maximum absolute atomic E-state index is 15.1. The third-order valence-corrected chi connectivity index (χ3v) is 8.63. The molecule has 3 atom stereocenters. The maximum Gasteiger partial charge on any atom is 0.248 e. The lowest BCUT2D eigenvalue weighted by Gasteiger charge is -2.41. The number of hydrogen-bond acceptors (Lipinski definition) is 8. The van der Waals surface area contributed by atoms with Crippen LogP contribution in [0.15, 0.2) is 60.8 Å². The molecule has 0 aliphatic carbocycles. The highest BCUT2D eigenvalue weighted by molar-refractivity contribution is 5.92. The summed E-state index contributed by atoms with van der Waals surface area (Å²) in [6.07, 6.45) is 1.44. The van der Waals surface area contributed by atoms with Gasteiger partial charge in [-0.05, 0) is 48.7 Å². The van der Waals surface area contributed by atoms with Crippen molar-refractivity contribution in [2.24, 2.45) is 11.1 Å². The molecule has 1 aromatic heterocycles. The fraction of sp³-hybridized carbons (Fsp3) is 0.421. The molecule has 0 radical (unpaired) electrons. The first-order valence-electron chi connectivity index (χ1n) is 17.4. The summed E-state index contributed by atoms with van der Waals surface area (Å²) in [7, 11) is 1.43. The molecule has 2 aromatic carbocycles. The quantitative estimate of drug-likeness (QED) is 0.0933. The van der Waals surface area contributed by atoms with Crippen LogP contribution in [0, 0.1) is 17.0 Å². The topological polar surface area (TPSA) is 205 Å². The summed E-state index contributed by atoms with van der Waals surface area (Å²) in [6.45, 7) is 4.42. The lowest BCUT2D eigenvalue weighted by Crippen LogP contribution is -2.54. The number of likely N-dealkylation sites (N-methyl/N-ethyl adjacent to an activating group) is 1. The standard InChI is InChI=1S/C38H49F2N7O7/c1-38(2,3)35(31-18-25(27-19-26(39)10-11-28(27)40)22-46(31)21-24-8-6-5-7-9-24)47(34(52)23-49)16-13-29(45-37(54)30(42-4)20-32(41)50)36(53)44-14-12-33(51)43-15-17-48/h5-11,17-19,22,29-30,35,42,49H,12-16,20-21,23H2,1-4H3,(H2,41,50)(H,43,51)(H,44,53)(H,45,54). The van der Waals surface area contributed by atoms with E-state index in [1.807, 2.05) is 55.7 Å². The van der Waals surface area contributed by atoms with Gasteiger partial charge in [-0.15, -0.1) is 0 Å². The summed E-state index contributed by atoms with van der Waals surface area (Å²) in [5, 5.41) is 20.4. The number of carbonyl (C=O) groups is 6. The molecule has 0 saturated heterocycles. The average molecular weight is 754 g/mol. The number of aldehydes is 1. The van der Waals surface area contributed by atoms with E-state index in [1.165, 1.54) is 11.9 Å². The lowest BCUT2D eigenvalue weighted by atomic mass is 9.82. The van der Waals surface area contributed by atoms with E-state index in [0.717, 1.165) is 23.8 Å². The molecule has 0 saturated carbocycles. The number of benzene rings is 2. The SMILES string of the molecule is CNC(CC(N)=O)C(=O)NC(CCN(C(=O)CO)C(c1cc(-c2cc(F)ccc2F)cn1Cc1ccccc1)C(C)(C)C)C(=O)NCCC(=O)NCC=O. The zero-order valence-corrected chi connectivity index (χ0v) is 30.9. The predicted molar refractivity (Wildman–Crippen MR) is 196 cm³/mol. The van der Waals surface area contributed by atoms with Gasteiger partial charge in [-0.25, -0.2) is 8.78 Å². The van der Waals surface area contributed by atoms with Crippen molar-refractivity contribution in [2.75, 3.05) is 33.3 Å². The van der Waals surface area contributed by atoms with Crippen LogP contribution in [0.2, 0.25) is 0 Å². The number of halogens is 2. The molecule has 0 bridgehead atoms. The van der Waals surface area contributed by atoms with Gasteiger partial charge >= 0.3 is 0 Å². The Morgan fingerprint density at radius 3 is 2.30 bits per heavy atom. The van der Waals surface area contributed by atoms with E-state index in [4.69, 9.17) is 5.73 Å². The molecule has 54 heavy (non-hydrogen) atoms. The van der Waals surface area contributed by atoms with E-state index >= 15 is 4.39 Å². The molecule has 0 aliphatic heterocycles. The number of nitrogens with one attached hydrogen (secondary N) is 4. The summed E-state index contributed by atoms with van der Waals surface area (Å²) >= 11 is 0. The Kier molecular flexibility index (Phi) is 16.0. The molecule has 3 unspecified atom stereocenters. The van der Waals surface area contributed by atoms with Gasteiger partial charge < -0.3 is 46.4 Å². The molecule has 7 N–H and O–H groups in total. The number of aliphatic hydroxyl groups excluding tert-OH is 1. The van der Waals surface area contributed by atoms with Crippen LogP contribution in [-0.4, -0.2) is 95.8 Å². The van der Waals surface area contributed by atoms with Crippen LogP contribution in [0.4, 0.5) is 8.78 Å². The minimum Gasteiger partial charge on any atom is -0.387 e. The first-order valence-corrected chi connectivity index (χ1v) is 17.4. The number of carbonyl (C=O) groups excluding carboxylic acids is 6. The summed E-state index contributed by atoms with van der Waals surface area (Å²) in [4.78, 5) is 76.0. The van der Waals surface area contributed by atoms with Crippen molar-refractivity contribution in [3.05, 3.63) is 83.7 Å². The van der Waals surface area contributed by atoms with Crippen LogP contribution in [0.1, 0.15) is 57.3 Å². The van der Waals surface area contributed by atoms with Crippen molar-refractivity contribution in [2.45, 2.75) is 64.7 Å². The molecule has 1 heterocycles. The smallest absolute Gasteiger partial charge is 0.248 e. The number of amides is 5. The number of rotatable bonds is 20. The lowest BCUT2D eigenvalue weighted by molar-refractivity contribution is -0.140. The summed E-state index contributed by atoms with van der Waals surface area (Å²) in [5.41, 5.74) is 6.30. The Morgan fingerprint density at radius 1 is 0.981 bits per heavy atom. The Balaban J connectivity index is 2.06. The van der Waals surface area contributed by atoms with E-state index < -0.39 is 71.3 Å². The number of hydrogen-bond donors (Lipinski definition) is 6. The van der Waals surface area contributed by atoms with Gasteiger partial charge in [0, 0.05) is 49.1 Å². The third-order valence-electron chi connectivity index (χ3n) is 8.63. The van der Waals surface area contributed by atoms with Gasteiger partial charge in [0.2, 0.25) is 29.5 Å². The molecule has 0 aliphatic rings. The summed E-state index contributed by atoms with van der Waals surface area (Å²) in [6, 6.07) is 10.9. The van der Waals surface area contributed by atoms with Crippen molar-refractivity contribution >= 4 is 35.8 Å². The zero-order valence-electron chi connectivity index (χ0n) is 30.9. The highest BCUT2D eigenvalue weighted by atomic mass is 19.1. The predicted octanol–water partition coefficient (Wildman–Crippen LogP) is 1.55. The molecule has 3 rings (SSSR count). The minimum absolute atomic E-state index is 0.00472. The molecular formula is C38H49F2N7O7. The highest BCUT2D eigenvalue weighted by Gasteiger charge is 2.38. The van der Waals surface area contributed by atoms with Gasteiger partial charge in [0.15, 0.2) is 0 Å². The van der Waals surface area contributed by atoms with Crippen molar-refractivity contribution in [3.8, 4) is 11.1 Å². The second kappa shape index (κ2) is 20.1. The average Bonchev–Trinajstić information content (AvgIpc) is 3.52. The fourth-order valence-corrected chi connectivity index (χ4v) is 6.10. The fourth-order valence-electron chi connectivity index (χ4n) is 6.10. The first-order chi connectivity index (χ1) is 25.6. The Hall–Kier alpha value is -5.48. The second-order valence-electron chi connectivity index (χ2n) is 13.8. The van der Waals surface area contributed by atoms with Gasteiger partial charge in [0.1, 0.15) is 30.6 Å². The van der Waals surface area contributed by atoms with Gasteiger partial charge in [0.25, 0.3) is 0 Å². The van der Waals surface area contributed by atoms with Crippen molar-refractivity contribution < 1.29 is 42.7 Å². The van der Waals surface area contributed by atoms with Crippen LogP contribution in [0.5, 0.6) is 0 Å². The van der Waals surface area contributed by atoms with Crippen molar-refractivity contribution in [1.82, 2.24) is 30.7 Å². The van der Waals surface area contributed by atoms with E-state index in [9.17, 15) is 38.3 Å². The van der Waals surface area contributed by atoms with Crippen LogP contribution < -0.4 is 27.0 Å². The summed E-state index contributed by atoms with van der Waals surface area (Å²) in [5.74, 6) is -4.71. The zero-order chi connectivity index (χ0) is 40.0. The van der Waals surface area contributed by atoms with Gasteiger partial charge in [-0.1, -0.05) is 51.1 Å². The first kappa shape index (κ1) is 42.9. The monoisotopic (exact) mass is 753 g/mol. The highest BCUT2D eigenvalue weighted by Crippen LogP contribution is 2.41. The van der Waals surface area contributed by atoms with E-state index in [2.05, 4.69) is 21.3 Å². The van der Waals surface area contributed by atoms with Crippen LogP contribution in [0.25, 0.3) is 11.1 Å². The Morgan fingerprint density at radius 2 is 1.69 bits per heavy atom. The number of nitrogens with two attached hydrogens (primary N) is 1. The minimum atomic E-state index is -1.30. The Bertz CT molecular complexity index is 1780. The number of aliphatic hydroxyl groups is 1. The van der Waals surface area contributed by atoms with Crippen molar-refractivity contribution in [3.63, 3.8) is 0 Å². The summed E-state index contributed by atoms with van der Waals surface area (Å²) < 4.78 is 31.3. The second-order valence-corrected chi connectivity index (χ2v) is 13.8.